The summed E-state index contributed by atoms with van der Waals surface area (Å²) in [7, 11) is 0. The molecule has 3 aromatic carbocycles. The van der Waals surface area contributed by atoms with Crippen LogP contribution in [0.1, 0.15) is 28.2 Å². The quantitative estimate of drug-likeness (QED) is 0.420. The number of aldehydes is 1. The second kappa shape index (κ2) is 6.28. The topological polar surface area (TPSA) is 54.5 Å². The molecule has 0 N–H and O–H groups in total. The first-order chi connectivity index (χ1) is 15.0. The molecule has 0 spiro atoms. The van der Waals surface area contributed by atoms with Gasteiger partial charge in [-0.15, -0.1) is 0 Å². The third-order valence-corrected chi connectivity index (χ3v) is 7.85. The molecule has 1 heterocycles. The van der Waals surface area contributed by atoms with E-state index >= 15 is 0 Å². The van der Waals surface area contributed by atoms with Gasteiger partial charge in [0.05, 0.1) is 33.0 Å². The molecule has 152 valence electrons. The molecular weight excluding hydrogens is 433 g/mol. The molecule has 31 heavy (non-hydrogen) atoms. The zero-order valence-electron chi connectivity index (χ0n) is 16.1. The molecule has 2 amide bonds. The van der Waals surface area contributed by atoms with Gasteiger partial charge >= 0.3 is 0 Å². The van der Waals surface area contributed by atoms with E-state index in [0.717, 1.165) is 33.4 Å². The minimum Gasteiger partial charge on any atom is -0.302 e. The Bertz CT molecular complexity index is 1270. The molecule has 3 aromatic rings. The maximum atomic E-state index is 13.8. The van der Waals surface area contributed by atoms with Crippen molar-refractivity contribution in [2.45, 2.75) is 11.3 Å². The van der Waals surface area contributed by atoms with Gasteiger partial charge in [0.25, 0.3) is 0 Å². The van der Waals surface area contributed by atoms with Crippen LogP contribution in [-0.4, -0.2) is 18.1 Å². The summed E-state index contributed by atoms with van der Waals surface area (Å²) in [6, 6.07) is 20.1. The molecular formula is C25H15Cl2NO3. The van der Waals surface area contributed by atoms with Crippen LogP contribution in [0.3, 0.4) is 0 Å². The third kappa shape index (κ3) is 2.09. The summed E-state index contributed by atoms with van der Waals surface area (Å²) in [6.07, 6.45) is 0.853. The predicted octanol–water partition coefficient (Wildman–Crippen LogP) is 4.74. The molecule has 2 bridgehead atoms. The number of rotatable bonds is 2. The van der Waals surface area contributed by atoms with E-state index in [1.807, 2.05) is 48.5 Å². The van der Waals surface area contributed by atoms with Crippen molar-refractivity contribution in [1.29, 1.82) is 0 Å². The number of imide groups is 1. The second-order valence-electron chi connectivity index (χ2n) is 8.23. The van der Waals surface area contributed by atoms with Gasteiger partial charge in [-0.1, -0.05) is 77.8 Å². The Balaban J connectivity index is 1.66. The number of benzene rings is 3. The van der Waals surface area contributed by atoms with Crippen LogP contribution in [0.4, 0.5) is 5.69 Å². The minimum absolute atomic E-state index is 0.145. The van der Waals surface area contributed by atoms with Crippen molar-refractivity contribution >= 4 is 47.0 Å². The Hall–Kier alpha value is -2.95. The minimum atomic E-state index is -1.22. The lowest BCUT2D eigenvalue weighted by Crippen LogP contribution is -2.54. The fourth-order valence-electron chi connectivity index (χ4n) is 5.93. The van der Waals surface area contributed by atoms with E-state index in [1.54, 1.807) is 18.2 Å². The highest BCUT2D eigenvalue weighted by atomic mass is 35.5. The highest BCUT2D eigenvalue weighted by Gasteiger charge is 2.68. The van der Waals surface area contributed by atoms with Crippen molar-refractivity contribution in [2.75, 3.05) is 4.90 Å². The molecule has 1 saturated heterocycles. The van der Waals surface area contributed by atoms with Crippen LogP contribution in [0.15, 0.2) is 66.7 Å². The molecule has 4 nitrogen and oxygen atoms in total. The monoisotopic (exact) mass is 447 g/mol. The SMILES string of the molecule is O=CC12c3ccccc3C(c3ccccc31)[C@H]1C(=O)N(c3cccc(Cl)c3Cl)C(=O)[C@@H]12. The number of amides is 2. The van der Waals surface area contributed by atoms with E-state index in [1.165, 1.54) is 0 Å². The molecule has 7 rings (SSSR count). The predicted molar refractivity (Wildman–Crippen MR) is 118 cm³/mol. The Labute approximate surface area is 188 Å². The first-order valence-electron chi connectivity index (χ1n) is 9.99. The van der Waals surface area contributed by atoms with Gasteiger partial charge in [-0.3, -0.25) is 9.59 Å². The fraction of sp³-hybridized carbons (Fsp3) is 0.160. The van der Waals surface area contributed by atoms with Gasteiger partial charge in [-0.05, 0) is 34.4 Å². The Morgan fingerprint density at radius 3 is 2.03 bits per heavy atom. The van der Waals surface area contributed by atoms with E-state index in [4.69, 9.17) is 23.2 Å². The van der Waals surface area contributed by atoms with E-state index in [0.29, 0.717) is 0 Å². The Morgan fingerprint density at radius 2 is 1.42 bits per heavy atom. The third-order valence-electron chi connectivity index (χ3n) is 7.04. The van der Waals surface area contributed by atoms with E-state index < -0.39 is 23.2 Å². The number of nitrogens with zero attached hydrogens (tertiary/aromatic N) is 1. The van der Waals surface area contributed by atoms with Crippen molar-refractivity contribution in [3.8, 4) is 0 Å². The molecule has 1 fully saturated rings. The van der Waals surface area contributed by atoms with Gasteiger partial charge in [0.15, 0.2) is 0 Å². The van der Waals surface area contributed by atoms with Gasteiger partial charge in [0, 0.05) is 5.92 Å². The van der Waals surface area contributed by atoms with Crippen LogP contribution in [0.25, 0.3) is 0 Å². The largest absolute Gasteiger partial charge is 0.302 e. The average Bonchev–Trinajstić information content (AvgIpc) is 3.07. The Morgan fingerprint density at radius 1 is 0.806 bits per heavy atom. The average molecular weight is 448 g/mol. The molecule has 6 heteroatoms. The van der Waals surface area contributed by atoms with Crippen molar-refractivity contribution in [2.24, 2.45) is 11.8 Å². The van der Waals surface area contributed by atoms with E-state index in [-0.39, 0.29) is 27.6 Å². The summed E-state index contributed by atoms with van der Waals surface area (Å²) in [5.41, 5.74) is 2.49. The second-order valence-corrected chi connectivity index (χ2v) is 9.01. The molecule has 4 aliphatic rings. The summed E-state index contributed by atoms with van der Waals surface area (Å²) in [5, 5.41) is 0.404. The number of halogens is 2. The van der Waals surface area contributed by atoms with Crippen LogP contribution < -0.4 is 4.90 Å². The standard InChI is InChI=1S/C25H15Cl2NO3/c26-17-10-5-11-18(22(17)27)28-23(30)20-19-13-6-1-3-8-15(13)25(12-29,21(20)24(28)31)16-9-4-2-7-14(16)19/h1-12,19-21H/t19?,20-,21-,25?/m1/s1. The number of anilines is 1. The fourth-order valence-corrected chi connectivity index (χ4v) is 6.31. The highest BCUT2D eigenvalue weighted by Crippen LogP contribution is 2.63. The summed E-state index contributed by atoms with van der Waals surface area (Å²) >= 11 is 12.6. The molecule has 0 aromatic heterocycles. The zero-order valence-corrected chi connectivity index (χ0v) is 17.6. The maximum absolute atomic E-state index is 13.8. The molecule has 2 atom stereocenters. The summed E-state index contributed by atoms with van der Waals surface area (Å²) < 4.78 is 0. The number of hydrogen-bond donors (Lipinski definition) is 0. The smallest absolute Gasteiger partial charge is 0.239 e. The maximum Gasteiger partial charge on any atom is 0.239 e. The van der Waals surface area contributed by atoms with Gasteiger partial charge in [-0.2, -0.15) is 0 Å². The van der Waals surface area contributed by atoms with Crippen molar-refractivity contribution in [3.05, 3.63) is 99.0 Å². The lowest BCUT2D eigenvalue weighted by atomic mass is 9.48. The Kier molecular flexibility index (Phi) is 3.81. The van der Waals surface area contributed by atoms with Crippen LogP contribution >= 0.6 is 23.2 Å². The molecule has 1 aliphatic heterocycles. The van der Waals surface area contributed by atoms with Gasteiger partial charge in [-0.25, -0.2) is 4.90 Å². The summed E-state index contributed by atoms with van der Waals surface area (Å²) in [4.78, 5) is 41.6. The van der Waals surface area contributed by atoms with Crippen LogP contribution in [0.2, 0.25) is 10.0 Å². The van der Waals surface area contributed by atoms with Crippen molar-refractivity contribution in [1.82, 2.24) is 0 Å². The molecule has 0 saturated carbocycles. The lowest BCUT2D eigenvalue weighted by molar-refractivity contribution is -0.128. The van der Waals surface area contributed by atoms with Crippen molar-refractivity contribution in [3.63, 3.8) is 0 Å². The number of carbonyl (C=O) groups is 3. The molecule has 0 radical (unpaired) electrons. The van der Waals surface area contributed by atoms with Crippen LogP contribution in [-0.2, 0) is 19.8 Å². The number of hydrogen-bond acceptors (Lipinski definition) is 3. The first kappa shape index (κ1) is 18.8. The summed E-state index contributed by atoms with van der Waals surface area (Å²) in [6.45, 7) is 0. The van der Waals surface area contributed by atoms with Gasteiger partial charge < -0.3 is 4.79 Å². The summed E-state index contributed by atoms with van der Waals surface area (Å²) in [5.74, 6) is -2.58. The number of carbonyl (C=O) groups excluding carboxylic acids is 3. The zero-order chi connectivity index (χ0) is 21.5. The van der Waals surface area contributed by atoms with Crippen LogP contribution in [0.5, 0.6) is 0 Å². The van der Waals surface area contributed by atoms with E-state index in [2.05, 4.69) is 0 Å². The van der Waals surface area contributed by atoms with E-state index in [9.17, 15) is 14.4 Å². The first-order valence-corrected chi connectivity index (χ1v) is 10.7. The molecule has 0 unspecified atom stereocenters. The molecule has 3 aliphatic carbocycles. The van der Waals surface area contributed by atoms with Crippen molar-refractivity contribution < 1.29 is 14.4 Å². The van der Waals surface area contributed by atoms with Gasteiger partial charge in [0.2, 0.25) is 11.8 Å². The van der Waals surface area contributed by atoms with Crippen LogP contribution in [0, 0.1) is 11.8 Å². The van der Waals surface area contributed by atoms with Gasteiger partial charge in [0.1, 0.15) is 6.29 Å². The lowest BCUT2D eigenvalue weighted by Gasteiger charge is -2.51. The highest BCUT2D eigenvalue weighted by molar-refractivity contribution is 6.45. The normalized spacial score (nSPS) is 27.7.